The van der Waals surface area contributed by atoms with Gasteiger partial charge in [0.1, 0.15) is 0 Å². The van der Waals surface area contributed by atoms with E-state index in [4.69, 9.17) is 18.0 Å². The number of amides is 1. The molecule has 106 valence electrons. The zero-order chi connectivity index (χ0) is 14.1. The number of carbonyl (C=O) groups is 1. The van der Waals surface area contributed by atoms with E-state index in [1.165, 1.54) is 11.1 Å². The summed E-state index contributed by atoms with van der Waals surface area (Å²) < 4.78 is 0. The molecule has 20 heavy (non-hydrogen) atoms. The van der Waals surface area contributed by atoms with Crippen LogP contribution in [0.3, 0.4) is 0 Å². The highest BCUT2D eigenvalue weighted by atomic mass is 32.1. The molecule has 0 spiro atoms. The van der Waals surface area contributed by atoms with Crippen LogP contribution >= 0.6 is 12.2 Å². The molecule has 4 heteroatoms. The van der Waals surface area contributed by atoms with E-state index in [-0.39, 0.29) is 23.8 Å². The molecule has 2 atom stereocenters. The Balaban J connectivity index is 1.63. The molecule has 1 amide bonds. The monoisotopic (exact) mass is 288 g/mol. The highest BCUT2D eigenvalue weighted by Crippen LogP contribution is 2.29. The predicted octanol–water partition coefficient (Wildman–Crippen LogP) is 1.97. The van der Waals surface area contributed by atoms with Crippen LogP contribution in [0.4, 0.5) is 0 Å². The molecule has 2 unspecified atom stereocenters. The minimum Gasteiger partial charge on any atom is -0.393 e. The number of nitrogens with two attached hydrogens (primary N) is 1. The number of benzene rings is 1. The van der Waals surface area contributed by atoms with Crippen LogP contribution in [0.5, 0.6) is 0 Å². The van der Waals surface area contributed by atoms with Crippen molar-refractivity contribution >= 4 is 23.1 Å². The Morgan fingerprint density at radius 3 is 2.45 bits per heavy atom. The Bertz CT molecular complexity index is 518. The standard InChI is InChI=1S/C16H20N2OS/c17-15(20)13-6-3-7-14(13)18-16(19)12-8-10-4-1-2-5-11(10)9-12/h1-2,4-5,12-14H,3,6-9H2,(H2,17,20)(H,18,19). The van der Waals surface area contributed by atoms with E-state index in [0.717, 1.165) is 32.1 Å². The van der Waals surface area contributed by atoms with Gasteiger partial charge in [-0.3, -0.25) is 4.79 Å². The van der Waals surface area contributed by atoms with Gasteiger partial charge in [0, 0.05) is 17.9 Å². The molecule has 2 aliphatic carbocycles. The SMILES string of the molecule is NC(=S)C1CCCC1NC(=O)C1Cc2ccccc2C1. The summed E-state index contributed by atoms with van der Waals surface area (Å²) in [6.07, 6.45) is 4.80. The van der Waals surface area contributed by atoms with Crippen molar-refractivity contribution in [1.82, 2.24) is 5.32 Å². The average molecular weight is 288 g/mol. The first-order valence-electron chi connectivity index (χ1n) is 7.31. The number of thiocarbonyl (C=S) groups is 1. The summed E-state index contributed by atoms with van der Waals surface area (Å²) in [5.41, 5.74) is 8.39. The van der Waals surface area contributed by atoms with E-state index < -0.39 is 0 Å². The van der Waals surface area contributed by atoms with Gasteiger partial charge < -0.3 is 11.1 Å². The topological polar surface area (TPSA) is 55.1 Å². The maximum absolute atomic E-state index is 12.4. The molecule has 2 aliphatic rings. The molecule has 1 aromatic carbocycles. The normalized spacial score (nSPS) is 25.4. The van der Waals surface area contributed by atoms with Crippen molar-refractivity contribution in [2.24, 2.45) is 17.6 Å². The first-order chi connectivity index (χ1) is 9.65. The summed E-state index contributed by atoms with van der Waals surface area (Å²) in [7, 11) is 0. The van der Waals surface area contributed by atoms with Gasteiger partial charge in [0.05, 0.1) is 4.99 Å². The van der Waals surface area contributed by atoms with Gasteiger partial charge in [0.2, 0.25) is 5.91 Å². The Hall–Kier alpha value is -1.42. The number of fused-ring (bicyclic) bond motifs is 1. The Morgan fingerprint density at radius 1 is 1.20 bits per heavy atom. The molecular weight excluding hydrogens is 268 g/mol. The van der Waals surface area contributed by atoms with Crippen LogP contribution in [0.25, 0.3) is 0 Å². The quantitative estimate of drug-likeness (QED) is 0.836. The first-order valence-corrected chi connectivity index (χ1v) is 7.72. The van der Waals surface area contributed by atoms with E-state index >= 15 is 0 Å². The molecule has 1 fully saturated rings. The van der Waals surface area contributed by atoms with Gasteiger partial charge in [-0.1, -0.05) is 42.9 Å². The largest absolute Gasteiger partial charge is 0.393 e. The van der Waals surface area contributed by atoms with Crippen molar-refractivity contribution in [3.63, 3.8) is 0 Å². The molecule has 3 N–H and O–H groups in total. The Labute approximate surface area is 124 Å². The Kier molecular flexibility index (Phi) is 3.74. The zero-order valence-electron chi connectivity index (χ0n) is 11.5. The number of nitrogens with one attached hydrogen (secondary N) is 1. The van der Waals surface area contributed by atoms with Gasteiger partial charge >= 0.3 is 0 Å². The number of carbonyl (C=O) groups excluding carboxylic acids is 1. The third-order valence-corrected chi connectivity index (χ3v) is 4.93. The lowest BCUT2D eigenvalue weighted by Crippen LogP contribution is -2.44. The van der Waals surface area contributed by atoms with Crippen molar-refractivity contribution in [1.29, 1.82) is 0 Å². The molecular formula is C16H20N2OS. The molecule has 0 bridgehead atoms. The number of hydrogen-bond acceptors (Lipinski definition) is 2. The minimum absolute atomic E-state index is 0.0694. The van der Waals surface area contributed by atoms with Crippen LogP contribution < -0.4 is 11.1 Å². The summed E-state index contributed by atoms with van der Waals surface area (Å²) in [4.78, 5) is 13.0. The van der Waals surface area contributed by atoms with Crippen LogP contribution in [0.15, 0.2) is 24.3 Å². The lowest BCUT2D eigenvalue weighted by molar-refractivity contribution is -0.125. The molecule has 3 rings (SSSR count). The molecule has 1 saturated carbocycles. The predicted molar refractivity (Wildman–Crippen MR) is 83.4 cm³/mol. The second-order valence-electron chi connectivity index (χ2n) is 5.93. The smallest absolute Gasteiger partial charge is 0.224 e. The summed E-state index contributed by atoms with van der Waals surface area (Å²) in [6.45, 7) is 0. The second-order valence-corrected chi connectivity index (χ2v) is 6.40. The highest BCUT2D eigenvalue weighted by molar-refractivity contribution is 7.80. The molecule has 0 aliphatic heterocycles. The molecule has 3 nitrogen and oxygen atoms in total. The molecule has 0 saturated heterocycles. The van der Waals surface area contributed by atoms with Crippen molar-refractivity contribution in [2.75, 3.05) is 0 Å². The number of hydrogen-bond donors (Lipinski definition) is 2. The third-order valence-electron chi connectivity index (χ3n) is 4.63. The maximum Gasteiger partial charge on any atom is 0.224 e. The van der Waals surface area contributed by atoms with Gasteiger partial charge in [0.15, 0.2) is 0 Å². The lowest BCUT2D eigenvalue weighted by atomic mass is 10.0. The van der Waals surface area contributed by atoms with Crippen LogP contribution in [-0.2, 0) is 17.6 Å². The van der Waals surface area contributed by atoms with E-state index in [2.05, 4.69) is 17.4 Å². The third kappa shape index (κ3) is 2.57. The van der Waals surface area contributed by atoms with Crippen LogP contribution in [0, 0.1) is 11.8 Å². The van der Waals surface area contributed by atoms with Gasteiger partial charge in [-0.25, -0.2) is 0 Å². The van der Waals surface area contributed by atoms with Gasteiger partial charge in [0.25, 0.3) is 0 Å². The lowest BCUT2D eigenvalue weighted by Gasteiger charge is -2.21. The number of rotatable bonds is 3. The van der Waals surface area contributed by atoms with Crippen LogP contribution in [-0.4, -0.2) is 16.9 Å². The summed E-state index contributed by atoms with van der Waals surface area (Å²) >= 11 is 5.10. The molecule has 0 heterocycles. The second kappa shape index (κ2) is 5.52. The fourth-order valence-corrected chi connectivity index (χ4v) is 3.80. The Morgan fingerprint density at radius 2 is 1.85 bits per heavy atom. The molecule has 0 radical (unpaired) electrons. The average Bonchev–Trinajstić information content (AvgIpc) is 3.03. The zero-order valence-corrected chi connectivity index (χ0v) is 12.3. The van der Waals surface area contributed by atoms with E-state index in [1.807, 2.05) is 12.1 Å². The summed E-state index contributed by atoms with van der Waals surface area (Å²) in [5, 5.41) is 3.18. The van der Waals surface area contributed by atoms with Gasteiger partial charge in [-0.2, -0.15) is 0 Å². The van der Waals surface area contributed by atoms with Crippen LogP contribution in [0.1, 0.15) is 30.4 Å². The van der Waals surface area contributed by atoms with Gasteiger partial charge in [-0.15, -0.1) is 0 Å². The minimum atomic E-state index is 0.0694. The summed E-state index contributed by atoms with van der Waals surface area (Å²) in [5.74, 6) is 0.409. The van der Waals surface area contributed by atoms with Crippen molar-refractivity contribution < 1.29 is 4.79 Å². The summed E-state index contributed by atoms with van der Waals surface area (Å²) in [6, 6.07) is 8.47. The van der Waals surface area contributed by atoms with E-state index in [1.54, 1.807) is 0 Å². The van der Waals surface area contributed by atoms with Gasteiger partial charge in [-0.05, 0) is 36.8 Å². The van der Waals surface area contributed by atoms with E-state index in [9.17, 15) is 4.79 Å². The van der Waals surface area contributed by atoms with Crippen molar-refractivity contribution in [2.45, 2.75) is 38.1 Å². The molecule has 0 aromatic heterocycles. The van der Waals surface area contributed by atoms with E-state index in [0.29, 0.717) is 4.99 Å². The highest BCUT2D eigenvalue weighted by Gasteiger charge is 2.34. The van der Waals surface area contributed by atoms with Crippen LogP contribution in [0.2, 0.25) is 0 Å². The van der Waals surface area contributed by atoms with Crippen molar-refractivity contribution in [3.8, 4) is 0 Å². The molecule has 1 aromatic rings. The first kappa shape index (κ1) is 13.6. The fourth-order valence-electron chi connectivity index (χ4n) is 3.52. The van der Waals surface area contributed by atoms with Crippen molar-refractivity contribution in [3.05, 3.63) is 35.4 Å². The fraction of sp³-hybridized carbons (Fsp3) is 0.500. The maximum atomic E-state index is 12.4.